The van der Waals surface area contributed by atoms with Gasteiger partial charge in [0.15, 0.2) is 0 Å². The number of rotatable bonds is 4. The first-order chi connectivity index (χ1) is 13.7. The van der Waals surface area contributed by atoms with E-state index < -0.39 is 29.1 Å². The highest BCUT2D eigenvalue weighted by Crippen LogP contribution is 2.30. The second-order valence-corrected chi connectivity index (χ2v) is 5.87. The molecule has 0 fully saturated rings. The summed E-state index contributed by atoms with van der Waals surface area (Å²) >= 11 is 0. The van der Waals surface area contributed by atoms with E-state index in [-0.39, 0.29) is 22.6 Å². The van der Waals surface area contributed by atoms with Crippen molar-refractivity contribution in [3.63, 3.8) is 0 Å². The molecule has 0 bridgehead atoms. The molecule has 2 amide bonds. The van der Waals surface area contributed by atoms with Crippen LogP contribution in [0.4, 0.5) is 24.5 Å². The van der Waals surface area contributed by atoms with E-state index in [1.54, 1.807) is 0 Å². The smallest absolute Gasteiger partial charge is 0.322 e. The Hall–Kier alpha value is -3.95. The number of hydrogen-bond donors (Lipinski definition) is 3. The minimum absolute atomic E-state index is 0.0169. The summed E-state index contributed by atoms with van der Waals surface area (Å²) in [6.07, 6.45) is -4.53. The van der Waals surface area contributed by atoms with Crippen LogP contribution in [0, 0.1) is 0 Å². The van der Waals surface area contributed by atoms with Crippen molar-refractivity contribution in [2.45, 2.75) is 6.18 Å². The van der Waals surface area contributed by atoms with Crippen LogP contribution in [0.15, 0.2) is 65.5 Å². The molecule has 0 spiro atoms. The molecule has 7 nitrogen and oxygen atoms in total. The Morgan fingerprint density at radius 1 is 0.862 bits per heavy atom. The van der Waals surface area contributed by atoms with Crippen molar-refractivity contribution < 1.29 is 22.8 Å². The minimum Gasteiger partial charge on any atom is -0.322 e. The van der Waals surface area contributed by atoms with E-state index in [1.807, 2.05) is 0 Å². The van der Waals surface area contributed by atoms with Crippen molar-refractivity contribution in [1.29, 1.82) is 0 Å². The van der Waals surface area contributed by atoms with E-state index in [0.29, 0.717) is 0 Å². The first kappa shape index (κ1) is 19.8. The van der Waals surface area contributed by atoms with E-state index >= 15 is 0 Å². The van der Waals surface area contributed by atoms with Crippen LogP contribution in [0.5, 0.6) is 0 Å². The van der Waals surface area contributed by atoms with Gasteiger partial charge in [0.1, 0.15) is 5.69 Å². The molecule has 1 aromatic heterocycles. The van der Waals surface area contributed by atoms with Crippen LogP contribution in [0.3, 0.4) is 0 Å². The summed E-state index contributed by atoms with van der Waals surface area (Å²) in [5.41, 5.74) is -1.02. The van der Waals surface area contributed by atoms with Gasteiger partial charge in [-0.15, -0.1) is 0 Å². The van der Waals surface area contributed by atoms with Crippen molar-refractivity contribution in [2.24, 2.45) is 0 Å². The van der Waals surface area contributed by atoms with Crippen LogP contribution in [-0.2, 0) is 6.18 Å². The first-order valence-electron chi connectivity index (χ1n) is 8.18. The Kier molecular flexibility index (Phi) is 5.44. The molecule has 0 radical (unpaired) electrons. The molecule has 148 valence electrons. The third-order valence-corrected chi connectivity index (χ3v) is 3.74. The normalized spacial score (nSPS) is 11.0. The van der Waals surface area contributed by atoms with E-state index in [0.717, 1.165) is 18.2 Å². The van der Waals surface area contributed by atoms with Crippen LogP contribution in [0.2, 0.25) is 0 Å². The lowest BCUT2D eigenvalue weighted by molar-refractivity contribution is -0.137. The summed E-state index contributed by atoms with van der Waals surface area (Å²) < 4.78 is 38.4. The fourth-order valence-corrected chi connectivity index (χ4v) is 2.38. The monoisotopic (exact) mass is 402 g/mol. The molecule has 0 unspecified atom stereocenters. The second-order valence-electron chi connectivity index (χ2n) is 5.87. The number of amides is 2. The Bertz CT molecular complexity index is 1110. The standard InChI is InChI=1S/C19H13F3N4O3/c20-19(21,22)12-4-2-6-14(10-12)23-17(28)11-3-1-5-13(9-11)24-18(29)15-7-8-16(27)26-25-15/h1-10H,(H,23,28)(H,24,29)(H,26,27). The number of aromatic nitrogens is 2. The molecule has 0 aliphatic rings. The van der Waals surface area contributed by atoms with Gasteiger partial charge in [-0.25, -0.2) is 5.10 Å². The fraction of sp³-hybridized carbons (Fsp3) is 0.0526. The van der Waals surface area contributed by atoms with Gasteiger partial charge in [0.2, 0.25) is 0 Å². The molecule has 10 heteroatoms. The number of nitrogens with one attached hydrogen (secondary N) is 3. The molecule has 29 heavy (non-hydrogen) atoms. The van der Waals surface area contributed by atoms with Crippen LogP contribution in [0.25, 0.3) is 0 Å². The van der Waals surface area contributed by atoms with Gasteiger partial charge in [0.25, 0.3) is 17.4 Å². The van der Waals surface area contributed by atoms with Crippen LogP contribution in [-0.4, -0.2) is 22.0 Å². The molecule has 0 atom stereocenters. The molecule has 3 rings (SSSR count). The number of nitrogens with zero attached hydrogens (tertiary/aromatic N) is 1. The van der Waals surface area contributed by atoms with E-state index in [2.05, 4.69) is 20.8 Å². The number of carbonyl (C=O) groups is 2. The zero-order valence-electron chi connectivity index (χ0n) is 14.6. The van der Waals surface area contributed by atoms with Gasteiger partial charge in [-0.05, 0) is 42.5 Å². The SMILES string of the molecule is O=C(Nc1cccc(C(F)(F)F)c1)c1cccc(NC(=O)c2ccc(=O)[nH]n2)c1. The number of hydrogen-bond acceptors (Lipinski definition) is 4. The van der Waals surface area contributed by atoms with Gasteiger partial charge in [0, 0.05) is 23.0 Å². The maximum absolute atomic E-state index is 12.8. The molecular weight excluding hydrogens is 389 g/mol. The van der Waals surface area contributed by atoms with Crippen LogP contribution >= 0.6 is 0 Å². The molecular formula is C19H13F3N4O3. The number of H-pyrrole nitrogens is 1. The summed E-state index contributed by atoms with van der Waals surface area (Å²) in [6, 6.07) is 12.4. The summed E-state index contributed by atoms with van der Waals surface area (Å²) in [6.45, 7) is 0. The number of carbonyl (C=O) groups excluding carboxylic acids is 2. The van der Waals surface area contributed by atoms with Gasteiger partial charge < -0.3 is 10.6 Å². The van der Waals surface area contributed by atoms with Crippen molar-refractivity contribution in [2.75, 3.05) is 10.6 Å². The van der Waals surface area contributed by atoms with E-state index in [4.69, 9.17) is 0 Å². The fourth-order valence-electron chi connectivity index (χ4n) is 2.38. The second kappa shape index (κ2) is 7.97. The summed E-state index contributed by atoms with van der Waals surface area (Å²) in [5, 5.41) is 10.6. The number of aromatic amines is 1. The Labute approximate surface area is 161 Å². The third kappa shape index (κ3) is 5.06. The number of anilines is 2. The number of halogens is 3. The van der Waals surface area contributed by atoms with Gasteiger partial charge in [-0.3, -0.25) is 14.4 Å². The zero-order chi connectivity index (χ0) is 21.0. The quantitative estimate of drug-likeness (QED) is 0.623. The molecule has 3 aromatic rings. The average Bonchev–Trinajstić information content (AvgIpc) is 2.68. The molecule has 0 aliphatic heterocycles. The highest BCUT2D eigenvalue weighted by atomic mass is 19.4. The van der Waals surface area contributed by atoms with Gasteiger partial charge >= 0.3 is 6.18 Å². The first-order valence-corrected chi connectivity index (χ1v) is 8.18. The van der Waals surface area contributed by atoms with Crippen molar-refractivity contribution in [3.05, 3.63) is 87.8 Å². The molecule has 2 aromatic carbocycles. The lowest BCUT2D eigenvalue weighted by atomic mass is 10.1. The third-order valence-electron chi connectivity index (χ3n) is 3.74. The minimum atomic E-state index is -4.53. The summed E-state index contributed by atoms with van der Waals surface area (Å²) in [7, 11) is 0. The maximum atomic E-state index is 12.8. The lowest BCUT2D eigenvalue weighted by Crippen LogP contribution is -2.18. The van der Waals surface area contributed by atoms with Gasteiger partial charge in [-0.1, -0.05) is 12.1 Å². The summed E-state index contributed by atoms with van der Waals surface area (Å²) in [4.78, 5) is 35.5. The Morgan fingerprint density at radius 3 is 2.17 bits per heavy atom. The largest absolute Gasteiger partial charge is 0.416 e. The summed E-state index contributed by atoms with van der Waals surface area (Å²) in [5.74, 6) is -1.26. The Morgan fingerprint density at radius 2 is 1.52 bits per heavy atom. The predicted molar refractivity (Wildman–Crippen MR) is 98.7 cm³/mol. The van der Waals surface area contributed by atoms with Crippen molar-refractivity contribution in [1.82, 2.24) is 10.2 Å². The number of alkyl halides is 3. The van der Waals surface area contributed by atoms with Crippen molar-refractivity contribution in [3.8, 4) is 0 Å². The molecule has 0 aliphatic carbocycles. The highest BCUT2D eigenvalue weighted by molar-refractivity contribution is 6.06. The highest BCUT2D eigenvalue weighted by Gasteiger charge is 2.30. The van der Waals surface area contributed by atoms with Crippen LogP contribution < -0.4 is 16.2 Å². The zero-order valence-corrected chi connectivity index (χ0v) is 14.6. The average molecular weight is 402 g/mol. The van der Waals surface area contributed by atoms with Crippen molar-refractivity contribution >= 4 is 23.2 Å². The topological polar surface area (TPSA) is 104 Å². The Balaban J connectivity index is 1.73. The molecule has 0 saturated heterocycles. The lowest BCUT2D eigenvalue weighted by Gasteiger charge is -2.11. The molecule has 0 saturated carbocycles. The van der Waals surface area contributed by atoms with E-state index in [9.17, 15) is 27.6 Å². The van der Waals surface area contributed by atoms with Crippen LogP contribution in [0.1, 0.15) is 26.4 Å². The molecule has 1 heterocycles. The van der Waals surface area contributed by atoms with E-state index in [1.165, 1.54) is 42.5 Å². The number of benzene rings is 2. The maximum Gasteiger partial charge on any atom is 0.416 e. The molecule has 3 N–H and O–H groups in total. The van der Waals surface area contributed by atoms with Gasteiger partial charge in [-0.2, -0.15) is 18.3 Å². The van der Waals surface area contributed by atoms with Gasteiger partial charge in [0.05, 0.1) is 5.56 Å². The predicted octanol–water partition coefficient (Wildman–Crippen LogP) is 3.29.